The quantitative estimate of drug-likeness (QED) is 0.759. The zero-order chi connectivity index (χ0) is 17.6. The van der Waals surface area contributed by atoms with E-state index in [9.17, 15) is 4.79 Å². The molecule has 23 heavy (non-hydrogen) atoms. The van der Waals surface area contributed by atoms with E-state index in [1.807, 2.05) is 45.9 Å². The Morgan fingerprint density at radius 1 is 1.39 bits per heavy atom. The second kappa shape index (κ2) is 8.16. The lowest BCUT2D eigenvalue weighted by Gasteiger charge is -2.29. The van der Waals surface area contributed by atoms with Crippen LogP contribution in [0.2, 0.25) is 0 Å². The first-order chi connectivity index (χ1) is 10.7. The number of nitrogens with one attached hydrogen (secondary N) is 1. The predicted octanol–water partition coefficient (Wildman–Crippen LogP) is 4.37. The third-order valence-corrected chi connectivity index (χ3v) is 3.99. The second-order valence-corrected chi connectivity index (χ2v) is 6.67. The van der Waals surface area contributed by atoms with Gasteiger partial charge in [-0.15, -0.1) is 0 Å². The zero-order valence-corrected chi connectivity index (χ0v) is 15.3. The lowest BCUT2D eigenvalue weighted by molar-refractivity contribution is 0.0507. The van der Waals surface area contributed by atoms with Gasteiger partial charge >= 0.3 is 6.09 Å². The van der Waals surface area contributed by atoms with Gasteiger partial charge in [-0.1, -0.05) is 37.3 Å². The number of amides is 1. The molecule has 0 heterocycles. The fourth-order valence-electron chi connectivity index (χ4n) is 2.28. The fourth-order valence-corrected chi connectivity index (χ4v) is 2.28. The highest BCUT2D eigenvalue weighted by molar-refractivity contribution is 5.69. The van der Waals surface area contributed by atoms with Crippen molar-refractivity contribution in [3.8, 4) is 0 Å². The Kier molecular flexibility index (Phi) is 6.82. The van der Waals surface area contributed by atoms with E-state index in [2.05, 4.69) is 36.7 Å². The van der Waals surface area contributed by atoms with Crippen molar-refractivity contribution in [2.24, 2.45) is 0 Å². The summed E-state index contributed by atoms with van der Waals surface area (Å²) < 4.78 is 5.35. The number of hydrogen-bond donors (Lipinski definition) is 1. The maximum Gasteiger partial charge on any atom is 0.409 e. The molecular weight excluding hydrogens is 288 g/mol. The van der Waals surface area contributed by atoms with Gasteiger partial charge in [0.2, 0.25) is 0 Å². The van der Waals surface area contributed by atoms with Gasteiger partial charge in [-0.3, -0.25) is 4.90 Å². The molecular formula is C19H30N2O2. The minimum atomic E-state index is -0.516. The summed E-state index contributed by atoms with van der Waals surface area (Å²) in [4.78, 5) is 14.2. The Morgan fingerprint density at radius 3 is 2.57 bits per heavy atom. The van der Waals surface area contributed by atoms with Crippen molar-refractivity contribution < 1.29 is 9.53 Å². The molecule has 0 aliphatic rings. The summed E-state index contributed by atoms with van der Waals surface area (Å²) in [7, 11) is 0. The molecule has 4 heteroatoms. The lowest BCUT2D eigenvalue weighted by Crippen LogP contribution is -2.43. The molecule has 128 valence electrons. The number of carbonyl (C=O) groups excluding carboxylic acids is 1. The van der Waals surface area contributed by atoms with Crippen molar-refractivity contribution in [1.82, 2.24) is 10.2 Å². The Balaban J connectivity index is 2.72. The van der Waals surface area contributed by atoms with Gasteiger partial charge in [-0.2, -0.15) is 0 Å². The van der Waals surface area contributed by atoms with Crippen molar-refractivity contribution >= 4 is 11.7 Å². The highest BCUT2D eigenvalue weighted by atomic mass is 16.6. The molecule has 0 aromatic heterocycles. The van der Waals surface area contributed by atoms with Gasteiger partial charge in [-0.25, -0.2) is 4.79 Å². The van der Waals surface area contributed by atoms with Gasteiger partial charge in [0.1, 0.15) is 6.73 Å². The van der Waals surface area contributed by atoms with Gasteiger partial charge in [0.25, 0.3) is 0 Å². The molecule has 1 N–H and O–H groups in total. The molecule has 0 aliphatic heterocycles. The minimum absolute atomic E-state index is 0.294. The van der Waals surface area contributed by atoms with Crippen LogP contribution in [-0.4, -0.2) is 30.3 Å². The van der Waals surface area contributed by atoms with Crippen LogP contribution in [0.15, 0.2) is 30.8 Å². The number of allylic oxidation sites excluding steroid dienone is 1. The SMILES string of the molecule is C=C(C)c1cccc(C(C)(C)NC(=O)OCN(CC)C(C)C)c1. The summed E-state index contributed by atoms with van der Waals surface area (Å²) in [5.41, 5.74) is 2.58. The van der Waals surface area contributed by atoms with Crippen molar-refractivity contribution in [3.63, 3.8) is 0 Å². The maximum absolute atomic E-state index is 12.1. The first-order valence-corrected chi connectivity index (χ1v) is 8.12. The minimum Gasteiger partial charge on any atom is -0.433 e. The molecule has 0 fully saturated rings. The molecule has 1 aromatic carbocycles. The van der Waals surface area contributed by atoms with E-state index in [0.717, 1.165) is 23.2 Å². The molecule has 0 atom stereocenters. The number of rotatable bonds is 7. The number of benzene rings is 1. The van der Waals surface area contributed by atoms with Gasteiger partial charge in [0.05, 0.1) is 5.54 Å². The molecule has 1 aromatic rings. The third-order valence-electron chi connectivity index (χ3n) is 3.99. The monoisotopic (exact) mass is 318 g/mol. The number of nitrogens with zero attached hydrogens (tertiary/aromatic N) is 1. The number of hydrogen-bond acceptors (Lipinski definition) is 3. The average molecular weight is 318 g/mol. The van der Waals surface area contributed by atoms with Crippen LogP contribution in [0.5, 0.6) is 0 Å². The van der Waals surface area contributed by atoms with Crippen molar-refractivity contribution in [1.29, 1.82) is 0 Å². The van der Waals surface area contributed by atoms with Crippen LogP contribution in [0.4, 0.5) is 4.79 Å². The molecule has 0 aliphatic carbocycles. The predicted molar refractivity (Wildman–Crippen MR) is 96.2 cm³/mol. The highest BCUT2D eigenvalue weighted by Gasteiger charge is 2.24. The van der Waals surface area contributed by atoms with E-state index in [4.69, 9.17) is 4.74 Å². The van der Waals surface area contributed by atoms with E-state index in [0.29, 0.717) is 12.8 Å². The van der Waals surface area contributed by atoms with E-state index in [-0.39, 0.29) is 0 Å². The lowest BCUT2D eigenvalue weighted by atomic mass is 9.92. The summed E-state index contributed by atoms with van der Waals surface area (Å²) in [6, 6.07) is 8.38. The van der Waals surface area contributed by atoms with Crippen molar-refractivity contribution in [2.75, 3.05) is 13.3 Å². The molecule has 0 saturated carbocycles. The fraction of sp³-hybridized carbons (Fsp3) is 0.526. The largest absolute Gasteiger partial charge is 0.433 e. The third kappa shape index (κ3) is 5.71. The summed E-state index contributed by atoms with van der Waals surface area (Å²) in [5, 5.41) is 2.94. The Morgan fingerprint density at radius 2 is 2.04 bits per heavy atom. The number of carbonyl (C=O) groups is 1. The topological polar surface area (TPSA) is 41.6 Å². The van der Waals surface area contributed by atoms with E-state index >= 15 is 0 Å². The van der Waals surface area contributed by atoms with Crippen molar-refractivity contribution in [3.05, 3.63) is 42.0 Å². The summed E-state index contributed by atoms with van der Waals surface area (Å²) in [6.45, 7) is 17.2. The van der Waals surface area contributed by atoms with E-state index in [1.54, 1.807) is 0 Å². The molecule has 0 unspecified atom stereocenters. The smallest absolute Gasteiger partial charge is 0.409 e. The van der Waals surface area contributed by atoms with Gasteiger partial charge < -0.3 is 10.1 Å². The summed E-state index contributed by atoms with van der Waals surface area (Å²) in [5.74, 6) is 0. The molecule has 1 rings (SSSR count). The summed E-state index contributed by atoms with van der Waals surface area (Å²) in [6.07, 6.45) is -0.408. The molecule has 1 amide bonds. The van der Waals surface area contributed by atoms with Crippen LogP contribution in [0.3, 0.4) is 0 Å². The van der Waals surface area contributed by atoms with Crippen LogP contribution in [-0.2, 0) is 10.3 Å². The van der Waals surface area contributed by atoms with Gasteiger partial charge in [0.15, 0.2) is 0 Å². The Bertz CT molecular complexity index is 550. The molecule has 0 bridgehead atoms. The molecule has 0 spiro atoms. The average Bonchev–Trinajstić information content (AvgIpc) is 2.47. The van der Waals surface area contributed by atoms with Crippen LogP contribution >= 0.6 is 0 Å². The second-order valence-electron chi connectivity index (χ2n) is 6.67. The van der Waals surface area contributed by atoms with E-state index in [1.165, 1.54) is 0 Å². The Hall–Kier alpha value is -1.81. The molecule has 4 nitrogen and oxygen atoms in total. The van der Waals surface area contributed by atoms with Crippen LogP contribution in [0, 0.1) is 0 Å². The van der Waals surface area contributed by atoms with Gasteiger partial charge in [-0.05, 0) is 58.4 Å². The zero-order valence-electron chi connectivity index (χ0n) is 15.3. The number of ether oxygens (including phenoxy) is 1. The standard InChI is InChI=1S/C19H30N2O2/c1-8-21(15(4)5)13-23-18(22)20-19(6,7)17-11-9-10-16(12-17)14(2)3/h9-12,15H,2,8,13H2,1,3-7H3,(H,20,22). The summed E-state index contributed by atoms with van der Waals surface area (Å²) >= 11 is 0. The number of alkyl carbamates (subject to hydrolysis) is 1. The molecule has 0 radical (unpaired) electrons. The van der Waals surface area contributed by atoms with E-state index < -0.39 is 11.6 Å². The first-order valence-electron chi connectivity index (χ1n) is 8.12. The first kappa shape index (κ1) is 19.2. The molecule has 0 saturated heterocycles. The van der Waals surface area contributed by atoms with Crippen LogP contribution in [0.25, 0.3) is 5.57 Å². The van der Waals surface area contributed by atoms with Gasteiger partial charge in [0, 0.05) is 6.04 Å². The highest BCUT2D eigenvalue weighted by Crippen LogP contribution is 2.23. The van der Waals surface area contributed by atoms with Crippen molar-refractivity contribution in [2.45, 2.75) is 53.1 Å². The van der Waals surface area contributed by atoms with Crippen LogP contribution < -0.4 is 5.32 Å². The van der Waals surface area contributed by atoms with Crippen LogP contribution in [0.1, 0.15) is 52.7 Å². The maximum atomic E-state index is 12.1. The Labute approximate surface area is 140 Å². The normalized spacial score (nSPS) is 11.7.